The zero-order valence-electron chi connectivity index (χ0n) is 17.8. The topological polar surface area (TPSA) is 104 Å². The van der Waals surface area contributed by atoms with E-state index in [0.717, 1.165) is 4.31 Å². The van der Waals surface area contributed by atoms with Gasteiger partial charge in [0.15, 0.2) is 0 Å². The van der Waals surface area contributed by atoms with Gasteiger partial charge >= 0.3 is 0 Å². The lowest BCUT2D eigenvalue weighted by atomic mass is 10.2. The van der Waals surface area contributed by atoms with Crippen molar-refractivity contribution in [2.24, 2.45) is 0 Å². The molecule has 11 heteroatoms. The molecule has 2 rings (SSSR count). The maximum atomic E-state index is 12.8. The van der Waals surface area contributed by atoms with Crippen molar-refractivity contribution in [3.63, 3.8) is 0 Å². The molecule has 0 spiro atoms. The van der Waals surface area contributed by atoms with Crippen molar-refractivity contribution in [2.45, 2.75) is 30.2 Å². The molecule has 0 heterocycles. The first kappa shape index (κ1) is 25.3. The van der Waals surface area contributed by atoms with E-state index in [9.17, 15) is 21.6 Å². The van der Waals surface area contributed by atoms with Gasteiger partial charge in [-0.2, -0.15) is 4.31 Å². The molecule has 1 N–H and O–H groups in total. The minimum atomic E-state index is -3.82. The van der Waals surface area contributed by atoms with Crippen LogP contribution in [0.15, 0.2) is 52.3 Å². The van der Waals surface area contributed by atoms with E-state index in [1.165, 1.54) is 48.7 Å². The lowest BCUT2D eigenvalue weighted by Crippen LogP contribution is -2.31. The Balaban J connectivity index is 2.18. The van der Waals surface area contributed by atoms with E-state index in [1.807, 2.05) is 0 Å². The molecule has 0 saturated carbocycles. The molecule has 0 unspecified atom stereocenters. The van der Waals surface area contributed by atoms with Gasteiger partial charge in [0.1, 0.15) is 4.90 Å². The van der Waals surface area contributed by atoms with Gasteiger partial charge in [0.25, 0.3) is 5.91 Å². The summed E-state index contributed by atoms with van der Waals surface area (Å²) in [6.07, 6.45) is 0. The zero-order chi connectivity index (χ0) is 23.4. The summed E-state index contributed by atoms with van der Waals surface area (Å²) in [4.78, 5) is 12.6. The fraction of sp³-hybridized carbons (Fsp3) is 0.350. The Morgan fingerprint density at radius 3 is 2.03 bits per heavy atom. The van der Waals surface area contributed by atoms with Crippen LogP contribution in [0.25, 0.3) is 0 Å². The van der Waals surface area contributed by atoms with Crippen LogP contribution < -0.4 is 5.32 Å². The molecular weight excluding hydrogens is 462 g/mol. The second-order valence-corrected chi connectivity index (χ2v) is 11.3. The van der Waals surface area contributed by atoms with Crippen LogP contribution in [-0.4, -0.2) is 58.5 Å². The van der Waals surface area contributed by atoms with Crippen LogP contribution in [0.5, 0.6) is 0 Å². The highest BCUT2D eigenvalue weighted by Gasteiger charge is 2.25. The maximum Gasteiger partial charge on any atom is 0.251 e. The molecule has 0 aliphatic carbocycles. The van der Waals surface area contributed by atoms with Crippen molar-refractivity contribution in [1.82, 2.24) is 13.9 Å². The normalized spacial score (nSPS) is 12.4. The number of hydrogen-bond acceptors (Lipinski definition) is 5. The van der Waals surface area contributed by atoms with Gasteiger partial charge in [-0.3, -0.25) is 4.79 Å². The first-order chi connectivity index (χ1) is 14.4. The third-order valence-electron chi connectivity index (χ3n) is 4.67. The molecule has 0 aromatic heterocycles. The van der Waals surface area contributed by atoms with Gasteiger partial charge in [-0.15, -0.1) is 0 Å². The van der Waals surface area contributed by atoms with Crippen LogP contribution in [0.4, 0.5) is 0 Å². The molecule has 2 aromatic rings. The number of nitrogens with one attached hydrogen (secondary N) is 1. The first-order valence-electron chi connectivity index (χ1n) is 9.54. The number of rotatable bonds is 9. The SMILES string of the molecule is CCN(CC)S(=O)(=O)c1cc(C(=O)NCc2ccc(S(=O)(=O)N(C)C)cc2)ccc1Cl. The number of benzene rings is 2. The summed E-state index contributed by atoms with van der Waals surface area (Å²) in [6.45, 7) is 4.15. The lowest BCUT2D eigenvalue weighted by Gasteiger charge is -2.19. The van der Waals surface area contributed by atoms with Gasteiger partial charge in [-0.25, -0.2) is 21.1 Å². The number of sulfonamides is 2. The molecule has 0 fully saturated rings. The molecule has 31 heavy (non-hydrogen) atoms. The summed E-state index contributed by atoms with van der Waals surface area (Å²) in [6, 6.07) is 10.2. The zero-order valence-corrected chi connectivity index (χ0v) is 20.2. The molecule has 0 bridgehead atoms. The Labute approximate surface area is 188 Å². The van der Waals surface area contributed by atoms with Crippen molar-refractivity contribution in [1.29, 1.82) is 0 Å². The Bertz CT molecular complexity index is 1140. The number of halogens is 1. The van der Waals surface area contributed by atoms with E-state index < -0.39 is 26.0 Å². The second-order valence-electron chi connectivity index (χ2n) is 6.85. The molecule has 8 nitrogen and oxygen atoms in total. The molecule has 0 atom stereocenters. The summed E-state index contributed by atoms with van der Waals surface area (Å²) in [5.41, 5.74) is 0.845. The van der Waals surface area contributed by atoms with Crippen molar-refractivity contribution < 1.29 is 21.6 Å². The second kappa shape index (κ2) is 10.1. The van der Waals surface area contributed by atoms with E-state index in [-0.39, 0.29) is 40.0 Å². The minimum absolute atomic E-state index is 0.0427. The number of carbonyl (C=O) groups excluding carboxylic acids is 1. The largest absolute Gasteiger partial charge is 0.348 e. The van der Waals surface area contributed by atoms with E-state index in [4.69, 9.17) is 11.6 Å². The van der Waals surface area contributed by atoms with Gasteiger partial charge in [-0.05, 0) is 35.9 Å². The van der Waals surface area contributed by atoms with Crippen LogP contribution >= 0.6 is 11.6 Å². The van der Waals surface area contributed by atoms with Gasteiger partial charge in [0, 0.05) is 39.3 Å². The van der Waals surface area contributed by atoms with Gasteiger partial charge in [0.05, 0.1) is 9.92 Å². The third-order valence-corrected chi connectivity index (χ3v) is 9.03. The van der Waals surface area contributed by atoms with E-state index in [2.05, 4.69) is 5.32 Å². The van der Waals surface area contributed by atoms with E-state index in [1.54, 1.807) is 26.0 Å². The van der Waals surface area contributed by atoms with Crippen LogP contribution in [0.1, 0.15) is 29.8 Å². The minimum Gasteiger partial charge on any atom is -0.348 e. The van der Waals surface area contributed by atoms with Crippen molar-refractivity contribution in [3.8, 4) is 0 Å². The Hall–Kier alpha value is -1.98. The summed E-state index contributed by atoms with van der Waals surface area (Å²) >= 11 is 6.10. The monoisotopic (exact) mass is 487 g/mol. The average molecular weight is 488 g/mol. The quantitative estimate of drug-likeness (QED) is 0.585. The highest BCUT2D eigenvalue weighted by Crippen LogP contribution is 2.26. The predicted octanol–water partition coefficient (Wildman–Crippen LogP) is 2.55. The summed E-state index contributed by atoms with van der Waals surface area (Å²) in [7, 11) is -4.45. The predicted molar refractivity (Wildman–Crippen MR) is 120 cm³/mol. The van der Waals surface area contributed by atoms with Crippen LogP contribution in [-0.2, 0) is 26.6 Å². The standard InChI is InChI=1S/C20H26ClN3O5S2/c1-5-24(6-2)31(28,29)19-13-16(9-12-18(19)21)20(25)22-14-15-7-10-17(11-8-15)30(26,27)23(3)4/h7-13H,5-6,14H2,1-4H3,(H,22,25). The van der Waals surface area contributed by atoms with Crippen LogP contribution in [0, 0.1) is 0 Å². The summed E-state index contributed by atoms with van der Waals surface area (Å²) < 4.78 is 52.2. The fourth-order valence-electron chi connectivity index (χ4n) is 2.82. The Morgan fingerprint density at radius 1 is 0.935 bits per heavy atom. The maximum absolute atomic E-state index is 12.8. The molecule has 1 amide bonds. The number of nitrogens with zero attached hydrogens (tertiary/aromatic N) is 2. The molecule has 0 aliphatic heterocycles. The third kappa shape index (κ3) is 5.64. The van der Waals surface area contributed by atoms with Crippen molar-refractivity contribution in [3.05, 3.63) is 58.6 Å². The number of carbonyl (C=O) groups is 1. The van der Waals surface area contributed by atoms with E-state index in [0.29, 0.717) is 5.56 Å². The molecule has 0 saturated heterocycles. The van der Waals surface area contributed by atoms with Crippen molar-refractivity contribution in [2.75, 3.05) is 27.2 Å². The molecule has 0 aliphatic rings. The number of amides is 1. The molecule has 170 valence electrons. The van der Waals surface area contributed by atoms with Crippen LogP contribution in [0.3, 0.4) is 0 Å². The Kier molecular flexibility index (Phi) is 8.23. The molecule has 2 aromatic carbocycles. The van der Waals surface area contributed by atoms with Gasteiger partial charge in [-0.1, -0.05) is 37.6 Å². The molecular formula is C20H26ClN3O5S2. The van der Waals surface area contributed by atoms with Crippen molar-refractivity contribution >= 4 is 37.6 Å². The highest BCUT2D eigenvalue weighted by atomic mass is 35.5. The number of hydrogen-bond donors (Lipinski definition) is 1. The fourth-order valence-corrected chi connectivity index (χ4v) is 5.68. The van der Waals surface area contributed by atoms with Gasteiger partial charge in [0.2, 0.25) is 20.0 Å². The summed E-state index contributed by atoms with van der Waals surface area (Å²) in [5.74, 6) is -0.474. The smallest absolute Gasteiger partial charge is 0.251 e. The first-order valence-corrected chi connectivity index (χ1v) is 12.8. The Morgan fingerprint density at radius 2 is 1.52 bits per heavy atom. The lowest BCUT2D eigenvalue weighted by molar-refractivity contribution is 0.0950. The highest BCUT2D eigenvalue weighted by molar-refractivity contribution is 7.89. The van der Waals surface area contributed by atoms with E-state index >= 15 is 0 Å². The van der Waals surface area contributed by atoms with Gasteiger partial charge < -0.3 is 5.32 Å². The average Bonchev–Trinajstić information content (AvgIpc) is 2.73. The summed E-state index contributed by atoms with van der Waals surface area (Å²) in [5, 5.41) is 2.74. The molecule has 0 radical (unpaired) electrons. The van der Waals surface area contributed by atoms with Crippen LogP contribution in [0.2, 0.25) is 5.02 Å².